The normalized spacial score (nSPS) is 14.0. The van der Waals surface area contributed by atoms with Gasteiger partial charge in [-0.05, 0) is 77.0 Å². The molecule has 0 heterocycles. The van der Waals surface area contributed by atoms with Crippen molar-refractivity contribution in [2.75, 3.05) is 40.9 Å². The Morgan fingerprint density at radius 1 is 0.420 bits per heavy atom. The third kappa shape index (κ3) is 65.6. The molecule has 0 aliphatic rings. The number of hydrogen-bond donors (Lipinski definition) is 3. The quantitative estimate of drug-likeness (QED) is 0.0243. The summed E-state index contributed by atoms with van der Waals surface area (Å²) in [7, 11) is 1.55. The number of nitrogens with zero attached hydrogens (tertiary/aromatic N) is 1. The smallest absolute Gasteiger partial charge is 0.387 e. The van der Waals surface area contributed by atoms with Gasteiger partial charge < -0.3 is 19.8 Å². The number of rotatable bonds is 65. The van der Waals surface area contributed by atoms with Crippen LogP contribution < -0.4 is 5.32 Å². The topological polar surface area (TPSA) is 105 Å². The second-order valence-electron chi connectivity index (χ2n) is 25.2. The van der Waals surface area contributed by atoms with Gasteiger partial charge in [0.15, 0.2) is 0 Å². The summed E-state index contributed by atoms with van der Waals surface area (Å²) in [4.78, 5) is 23.4. The first kappa shape index (κ1) is 79.2. The molecule has 1 amide bonds. The number of unbranched alkanes of at least 4 members (excludes halogenated alkanes) is 44. The highest BCUT2D eigenvalue weighted by Crippen LogP contribution is 2.43. The Kier molecular flexibility index (Phi) is 61.3. The Labute approximate surface area is 504 Å². The van der Waals surface area contributed by atoms with Gasteiger partial charge in [-0.3, -0.25) is 13.8 Å². The summed E-state index contributed by atoms with van der Waals surface area (Å²) in [5.74, 6) is -0.187. The molecule has 0 bridgehead atoms. The second-order valence-corrected chi connectivity index (χ2v) is 26.7. The minimum atomic E-state index is -4.37. The van der Waals surface area contributed by atoms with E-state index in [9.17, 15) is 19.4 Å². The molecule has 81 heavy (non-hydrogen) atoms. The lowest BCUT2D eigenvalue weighted by molar-refractivity contribution is -0.870. The van der Waals surface area contributed by atoms with Crippen molar-refractivity contribution in [2.45, 2.75) is 353 Å². The average Bonchev–Trinajstić information content (AvgIpc) is 3.43. The van der Waals surface area contributed by atoms with E-state index in [1.165, 1.54) is 270 Å². The zero-order chi connectivity index (χ0) is 59.1. The molecular weight excluding hydrogens is 1020 g/mol. The van der Waals surface area contributed by atoms with E-state index < -0.39 is 20.0 Å². The lowest BCUT2D eigenvalue weighted by atomic mass is 10.0. The monoisotopic (exact) mass is 1160 g/mol. The Morgan fingerprint density at radius 2 is 0.716 bits per heavy atom. The number of carbonyl (C=O) groups is 1. The Morgan fingerprint density at radius 3 is 1.06 bits per heavy atom. The lowest BCUT2D eigenvalue weighted by Crippen LogP contribution is -2.45. The van der Waals surface area contributed by atoms with Gasteiger partial charge >= 0.3 is 7.82 Å². The van der Waals surface area contributed by atoms with Gasteiger partial charge in [0, 0.05) is 6.42 Å². The fraction of sp³-hybridized carbons (Fsp3) is 0.847. The summed E-state index contributed by atoms with van der Waals surface area (Å²) in [5.41, 5.74) is 0. The number of phosphoric acid groups is 1. The van der Waals surface area contributed by atoms with Crippen LogP contribution >= 0.6 is 7.82 Å². The van der Waals surface area contributed by atoms with Gasteiger partial charge in [0.25, 0.3) is 0 Å². The van der Waals surface area contributed by atoms with Gasteiger partial charge in [0.2, 0.25) is 5.91 Å². The number of carbonyl (C=O) groups excluding carboxylic acids is 1. The van der Waals surface area contributed by atoms with E-state index in [0.717, 1.165) is 51.4 Å². The van der Waals surface area contributed by atoms with Gasteiger partial charge in [-0.15, -0.1) is 0 Å². The Bertz CT molecular complexity index is 1500. The number of phosphoric ester groups is 1. The third-order valence-electron chi connectivity index (χ3n) is 15.9. The van der Waals surface area contributed by atoms with Crippen LogP contribution in [0.25, 0.3) is 0 Å². The van der Waals surface area contributed by atoms with Crippen molar-refractivity contribution in [3.05, 3.63) is 60.8 Å². The molecule has 0 spiro atoms. The fourth-order valence-corrected chi connectivity index (χ4v) is 11.2. The second kappa shape index (κ2) is 62.7. The van der Waals surface area contributed by atoms with Crippen molar-refractivity contribution in [2.24, 2.45) is 0 Å². The molecule has 0 fully saturated rings. The zero-order valence-electron chi connectivity index (χ0n) is 54.5. The van der Waals surface area contributed by atoms with E-state index in [1.54, 1.807) is 6.08 Å². The molecule has 3 atom stereocenters. The molecule has 0 aromatic carbocycles. The lowest BCUT2D eigenvalue weighted by Gasteiger charge is -2.25. The molecule has 0 radical (unpaired) electrons. The highest BCUT2D eigenvalue weighted by molar-refractivity contribution is 7.47. The third-order valence-corrected chi connectivity index (χ3v) is 16.9. The van der Waals surface area contributed by atoms with Crippen molar-refractivity contribution < 1.29 is 32.9 Å². The number of aliphatic hydroxyl groups is 1. The molecule has 9 heteroatoms. The van der Waals surface area contributed by atoms with Crippen LogP contribution in [0, 0.1) is 0 Å². The predicted molar refractivity (Wildman–Crippen MR) is 355 cm³/mol. The SMILES string of the molecule is CCCCCCCCCCCCCC/C=C/CC/C=C/CC/C=C/C(O)C(COP(=O)(O)OCC[N+](C)(C)C)NC(=O)CCCCCCCCCCCCCCCCCCC/C=C\C/C=C\CCCCCCCCCCCCCCC. The maximum Gasteiger partial charge on any atom is 0.472 e. The maximum absolute atomic E-state index is 13.0. The Balaban J connectivity index is 4.05. The first-order valence-electron chi connectivity index (χ1n) is 35.2. The van der Waals surface area contributed by atoms with E-state index in [1.807, 2.05) is 27.2 Å². The number of amides is 1. The van der Waals surface area contributed by atoms with E-state index >= 15 is 0 Å². The van der Waals surface area contributed by atoms with Crippen molar-refractivity contribution in [3.63, 3.8) is 0 Å². The van der Waals surface area contributed by atoms with Gasteiger partial charge in [-0.25, -0.2) is 4.57 Å². The molecule has 3 unspecified atom stereocenters. The van der Waals surface area contributed by atoms with Gasteiger partial charge in [-0.1, -0.05) is 319 Å². The first-order valence-corrected chi connectivity index (χ1v) is 36.7. The van der Waals surface area contributed by atoms with E-state index in [0.29, 0.717) is 17.4 Å². The van der Waals surface area contributed by atoms with Crippen LogP contribution in [0.2, 0.25) is 0 Å². The van der Waals surface area contributed by atoms with Gasteiger partial charge in [0.1, 0.15) is 13.2 Å². The summed E-state index contributed by atoms with van der Waals surface area (Å²) in [5, 5.41) is 14.0. The van der Waals surface area contributed by atoms with Crippen LogP contribution in [-0.2, 0) is 18.4 Å². The van der Waals surface area contributed by atoms with Crippen molar-refractivity contribution >= 4 is 13.7 Å². The molecule has 0 saturated carbocycles. The van der Waals surface area contributed by atoms with Crippen molar-refractivity contribution in [3.8, 4) is 0 Å². The molecule has 3 N–H and O–H groups in total. The molecule has 0 aromatic rings. The summed E-state index contributed by atoms with van der Waals surface area (Å²) in [6.07, 6.45) is 86.7. The highest BCUT2D eigenvalue weighted by Gasteiger charge is 2.28. The average molecular weight is 1160 g/mol. The number of quaternary nitrogens is 1. The van der Waals surface area contributed by atoms with Crippen LogP contribution in [0.15, 0.2) is 60.8 Å². The molecule has 0 aromatic heterocycles. The minimum absolute atomic E-state index is 0.0531. The summed E-state index contributed by atoms with van der Waals surface area (Å²) >= 11 is 0. The molecule has 0 aliphatic carbocycles. The highest BCUT2D eigenvalue weighted by atomic mass is 31.2. The molecule has 8 nitrogen and oxygen atoms in total. The van der Waals surface area contributed by atoms with Crippen molar-refractivity contribution in [1.29, 1.82) is 0 Å². The fourth-order valence-electron chi connectivity index (χ4n) is 10.5. The van der Waals surface area contributed by atoms with Crippen LogP contribution in [0.5, 0.6) is 0 Å². The number of nitrogens with one attached hydrogen (secondary N) is 1. The number of hydrogen-bond acceptors (Lipinski definition) is 5. The van der Waals surface area contributed by atoms with Gasteiger partial charge in [0.05, 0.1) is 39.9 Å². The van der Waals surface area contributed by atoms with Crippen LogP contribution in [0.1, 0.15) is 341 Å². The maximum atomic E-state index is 13.0. The number of aliphatic hydroxyl groups excluding tert-OH is 1. The van der Waals surface area contributed by atoms with E-state index in [4.69, 9.17) is 9.05 Å². The van der Waals surface area contributed by atoms with E-state index in [-0.39, 0.29) is 19.1 Å². The van der Waals surface area contributed by atoms with Crippen LogP contribution in [-0.4, -0.2) is 73.4 Å². The summed E-state index contributed by atoms with van der Waals surface area (Å²) in [6, 6.07) is -0.872. The van der Waals surface area contributed by atoms with E-state index in [2.05, 4.69) is 67.8 Å². The predicted octanol–water partition coefficient (Wildman–Crippen LogP) is 22.4. The van der Waals surface area contributed by atoms with Crippen LogP contribution in [0.4, 0.5) is 0 Å². The van der Waals surface area contributed by atoms with Crippen LogP contribution in [0.3, 0.4) is 0 Å². The molecule has 0 saturated heterocycles. The number of allylic oxidation sites excluding steroid dienone is 9. The Hall–Kier alpha value is -1.80. The zero-order valence-corrected chi connectivity index (χ0v) is 55.4. The van der Waals surface area contributed by atoms with Crippen molar-refractivity contribution in [1.82, 2.24) is 5.32 Å². The standard InChI is InChI=1S/C72H137N2O6P/c1-6-8-10-12-14-16-18-20-22-24-26-28-30-31-32-33-34-35-36-37-38-39-40-41-42-43-44-46-48-50-52-54-56-58-60-62-64-66-72(76)73-70(69-80-81(77,78)79-68-67-74(3,4)5)71(75)65-63-61-59-57-55-53-51-49-47-45-29-27-25-23-21-19-17-15-13-11-9-7-2/h32-33,35-36,47,49,55,57,63,65,70-71,75H,6-31,34,37-46,48,50-54,56,58-62,64,66-69H2,1-5H3,(H-,73,76,77,78)/p+1/b33-32-,36-35-,49-47+,57-55+,65-63+. The molecular formula is C72H138N2O6P+. The number of likely N-dealkylation sites (N-methyl/N-ethyl adjacent to an activating group) is 1. The molecule has 476 valence electrons. The largest absolute Gasteiger partial charge is 0.472 e. The minimum Gasteiger partial charge on any atom is -0.387 e. The summed E-state index contributed by atoms with van der Waals surface area (Å²) in [6.45, 7) is 4.83. The molecule has 0 aliphatic heterocycles. The molecule has 0 rings (SSSR count). The summed E-state index contributed by atoms with van der Waals surface area (Å²) < 4.78 is 23.8. The first-order chi connectivity index (χ1) is 39.5. The van der Waals surface area contributed by atoms with Gasteiger partial charge in [-0.2, -0.15) is 0 Å².